The highest BCUT2D eigenvalue weighted by atomic mass is 127. The molecular formula is C22H25IN2O7. The van der Waals surface area contributed by atoms with Gasteiger partial charge in [0.25, 0.3) is 5.91 Å². The number of halogens is 1. The Kier molecular flexibility index (Phi) is 6.42. The lowest BCUT2D eigenvalue weighted by atomic mass is 9.58. The summed E-state index contributed by atoms with van der Waals surface area (Å²) in [4.78, 5) is 41.6. The molecule has 9 nitrogen and oxygen atoms in total. The number of nitrogens with zero attached hydrogens (tertiary/aromatic N) is 1. The van der Waals surface area contributed by atoms with Gasteiger partial charge in [0.05, 0.1) is 11.6 Å². The van der Waals surface area contributed by atoms with Crippen LogP contribution in [0.1, 0.15) is 22.3 Å². The molecule has 0 saturated carbocycles. The topological polar surface area (TPSA) is 161 Å². The van der Waals surface area contributed by atoms with Crippen LogP contribution in [-0.4, -0.2) is 73.5 Å². The summed E-state index contributed by atoms with van der Waals surface area (Å²) >= 11 is 2.15. The number of rotatable bonds is 2. The molecule has 0 bridgehead atoms. The van der Waals surface area contributed by atoms with Gasteiger partial charge in [-0.05, 0) is 49.4 Å². The maximum Gasteiger partial charge on any atom is 0.255 e. The third kappa shape index (κ3) is 3.23. The number of ketones is 2. The summed E-state index contributed by atoms with van der Waals surface area (Å²) in [6, 6.07) is 3.66. The Morgan fingerprint density at radius 1 is 1.19 bits per heavy atom. The number of aliphatic hydroxyl groups excluding tert-OH is 2. The molecule has 1 amide bonds. The van der Waals surface area contributed by atoms with Crippen molar-refractivity contribution >= 4 is 40.1 Å². The van der Waals surface area contributed by atoms with Crippen LogP contribution in [0, 0.1) is 11.8 Å². The lowest BCUT2D eigenvalue weighted by Gasteiger charge is -2.50. The molecule has 0 radical (unpaired) electrons. The average Bonchev–Trinajstić information content (AvgIpc) is 2.71. The number of primary amides is 1. The van der Waals surface area contributed by atoms with Gasteiger partial charge in [-0.2, -0.15) is 0 Å². The summed E-state index contributed by atoms with van der Waals surface area (Å²) in [7, 11) is 3.18. The molecule has 10 heteroatoms. The van der Waals surface area contributed by atoms with Crippen LogP contribution in [0.5, 0.6) is 5.75 Å². The number of hydrogen-bond acceptors (Lipinski definition) is 8. The number of amides is 1. The maximum atomic E-state index is 13.1. The molecule has 4 rings (SSSR count). The zero-order valence-electron chi connectivity index (χ0n) is 17.8. The van der Waals surface area contributed by atoms with E-state index in [0.29, 0.717) is 12.0 Å². The largest absolute Gasteiger partial charge is 0.510 e. The number of carbonyl (C=O) groups excluding carboxylic acids is 3. The minimum absolute atomic E-state index is 0.0123. The van der Waals surface area contributed by atoms with E-state index < -0.39 is 58.0 Å². The van der Waals surface area contributed by atoms with Crippen molar-refractivity contribution in [1.29, 1.82) is 0 Å². The maximum absolute atomic E-state index is 13.1. The van der Waals surface area contributed by atoms with Gasteiger partial charge in [-0.25, -0.2) is 0 Å². The van der Waals surface area contributed by atoms with Crippen molar-refractivity contribution in [2.75, 3.05) is 19.0 Å². The van der Waals surface area contributed by atoms with Gasteiger partial charge < -0.3 is 26.2 Å². The summed E-state index contributed by atoms with van der Waals surface area (Å²) in [6.45, 7) is 0. The number of aromatic hydroxyl groups is 1. The van der Waals surface area contributed by atoms with Gasteiger partial charge >= 0.3 is 0 Å². The Morgan fingerprint density at radius 2 is 1.81 bits per heavy atom. The molecule has 32 heavy (non-hydrogen) atoms. The quantitative estimate of drug-likeness (QED) is 0.206. The average molecular weight is 556 g/mol. The second-order valence-corrected chi connectivity index (χ2v) is 8.27. The van der Waals surface area contributed by atoms with Crippen LogP contribution in [0.3, 0.4) is 0 Å². The van der Waals surface area contributed by atoms with E-state index in [1.54, 1.807) is 26.2 Å². The van der Waals surface area contributed by atoms with Crippen molar-refractivity contribution in [2.24, 2.45) is 17.6 Å². The normalized spacial score (nSPS) is 29.1. The Balaban J connectivity index is 0.00000141. The van der Waals surface area contributed by atoms with Crippen molar-refractivity contribution in [3.63, 3.8) is 0 Å². The van der Waals surface area contributed by atoms with Gasteiger partial charge in [0.15, 0.2) is 11.4 Å². The van der Waals surface area contributed by atoms with E-state index in [1.807, 2.05) is 4.93 Å². The zero-order chi connectivity index (χ0) is 24.1. The van der Waals surface area contributed by atoms with Crippen molar-refractivity contribution in [1.82, 2.24) is 4.90 Å². The van der Waals surface area contributed by atoms with Crippen molar-refractivity contribution in [3.05, 3.63) is 52.0 Å². The molecule has 0 aromatic heterocycles. The first-order chi connectivity index (χ1) is 15.0. The summed E-state index contributed by atoms with van der Waals surface area (Å²) in [5.74, 6) is -6.42. The van der Waals surface area contributed by atoms with Gasteiger partial charge in [-0.1, -0.05) is 34.7 Å². The number of phenolic OH excluding ortho intramolecular Hbond substituents is 1. The molecule has 0 saturated heterocycles. The fourth-order valence-electron chi connectivity index (χ4n) is 5.19. The Morgan fingerprint density at radius 3 is 2.38 bits per heavy atom. The summed E-state index contributed by atoms with van der Waals surface area (Å²) in [5.41, 5.74) is 2.31. The van der Waals surface area contributed by atoms with E-state index in [0.717, 1.165) is 0 Å². The van der Waals surface area contributed by atoms with Crippen LogP contribution in [0.15, 0.2) is 40.9 Å². The fourth-order valence-corrected chi connectivity index (χ4v) is 5.19. The van der Waals surface area contributed by atoms with Gasteiger partial charge in [0.1, 0.15) is 22.8 Å². The summed E-state index contributed by atoms with van der Waals surface area (Å²) < 4.78 is 0. The number of hydrogen-bond donors (Lipinski definition) is 5. The predicted molar refractivity (Wildman–Crippen MR) is 124 cm³/mol. The molecule has 0 heterocycles. The minimum atomic E-state index is -2.60. The predicted octanol–water partition coefficient (Wildman–Crippen LogP) is 1.17. The molecule has 0 fully saturated rings. The molecule has 1 aromatic carbocycles. The molecule has 6 N–H and O–H groups in total. The number of phenols is 1. The number of Topliss-reactive ketones (excluding diaryl/α,β-unsaturated/α-hetero) is 2. The van der Waals surface area contributed by atoms with E-state index in [-0.39, 0.29) is 23.3 Å². The van der Waals surface area contributed by atoms with E-state index in [2.05, 4.69) is 22.6 Å². The monoisotopic (exact) mass is 556 g/mol. The smallest absolute Gasteiger partial charge is 0.255 e. The Labute approximate surface area is 198 Å². The van der Waals surface area contributed by atoms with Crippen LogP contribution in [0.25, 0.3) is 0 Å². The highest BCUT2D eigenvalue weighted by Crippen LogP contribution is 2.52. The Bertz CT molecular complexity index is 1080. The lowest BCUT2D eigenvalue weighted by molar-refractivity contribution is -0.148. The number of alkyl halides is 1. The van der Waals surface area contributed by atoms with Crippen LogP contribution in [-0.2, 0) is 16.0 Å². The van der Waals surface area contributed by atoms with Crippen LogP contribution >= 0.6 is 22.6 Å². The fraction of sp³-hybridized carbons (Fsp3) is 0.409. The number of aliphatic hydroxyl groups is 3. The molecule has 172 valence electrons. The molecule has 3 aliphatic carbocycles. The molecule has 1 aromatic rings. The molecule has 0 unspecified atom stereocenters. The number of nitrogens with two attached hydrogens (primary N) is 1. The van der Waals surface area contributed by atoms with E-state index in [4.69, 9.17) is 5.73 Å². The van der Waals surface area contributed by atoms with Gasteiger partial charge in [-0.15, -0.1) is 0 Å². The molecule has 4 atom stereocenters. The lowest BCUT2D eigenvalue weighted by Crippen LogP contribution is -2.63. The standard InChI is InChI=1S/C21H22N2O7.CH3I/c1-23(2)15-10-7-9-6-8-4-3-5-11(24)12(8)16(25)13(9)18(27)21(10,30)19(28)14(17(15)26)20(22)29;1-2/h3-5,9-10,15,24,26-27,30H,6-7H2,1-2H3,(H2,22,29);1H3/t9-,10-,15-,21-;/m0./s1. The second kappa shape index (κ2) is 8.49. The van der Waals surface area contributed by atoms with Crippen molar-refractivity contribution in [2.45, 2.75) is 24.5 Å². The van der Waals surface area contributed by atoms with Crippen LogP contribution in [0.4, 0.5) is 0 Å². The highest BCUT2D eigenvalue weighted by Gasteiger charge is 2.63. The molecule has 0 spiro atoms. The first kappa shape index (κ1) is 24.2. The SMILES string of the molecule is CI.CN(C)[C@@H]1C(O)=C(C(N)=O)C(=O)[C@@]2(O)C(O)=C3C(=O)c4c(O)cccc4C[C@H]3C[C@@H]12. The first-order valence-corrected chi connectivity index (χ1v) is 12.0. The highest BCUT2D eigenvalue weighted by molar-refractivity contribution is 14.1. The number of likely N-dealkylation sites (N-methyl/N-ethyl adjacent to an activating group) is 1. The van der Waals surface area contributed by atoms with Crippen molar-refractivity contribution in [3.8, 4) is 5.75 Å². The summed E-state index contributed by atoms with van der Waals surface area (Å²) in [5, 5.41) is 43.2. The van der Waals surface area contributed by atoms with Crippen molar-refractivity contribution < 1.29 is 34.8 Å². The number of allylic oxidation sites excluding steroid dienone is 1. The second-order valence-electron chi connectivity index (χ2n) is 8.27. The number of fused-ring (bicyclic) bond motifs is 3. The molecular weight excluding hydrogens is 531 g/mol. The van der Waals surface area contributed by atoms with E-state index in [1.165, 1.54) is 11.0 Å². The van der Waals surface area contributed by atoms with Crippen LogP contribution in [0.2, 0.25) is 0 Å². The Hall–Kier alpha value is -2.44. The van der Waals surface area contributed by atoms with Gasteiger partial charge in [-0.3, -0.25) is 19.3 Å². The third-order valence-corrected chi connectivity index (χ3v) is 6.46. The zero-order valence-corrected chi connectivity index (χ0v) is 20.0. The summed E-state index contributed by atoms with van der Waals surface area (Å²) in [6.07, 6.45) is 0.379. The number of carbonyl (C=O) groups is 3. The van der Waals surface area contributed by atoms with Gasteiger partial charge in [0.2, 0.25) is 5.78 Å². The van der Waals surface area contributed by atoms with E-state index >= 15 is 0 Å². The van der Waals surface area contributed by atoms with Crippen LogP contribution < -0.4 is 5.73 Å². The number of benzene rings is 1. The third-order valence-electron chi connectivity index (χ3n) is 6.46. The molecule has 0 aliphatic heterocycles. The molecule has 3 aliphatic rings. The van der Waals surface area contributed by atoms with Gasteiger partial charge in [0, 0.05) is 11.5 Å². The first-order valence-electron chi connectivity index (χ1n) is 9.85. The minimum Gasteiger partial charge on any atom is -0.510 e. The van der Waals surface area contributed by atoms with E-state index in [9.17, 15) is 34.8 Å².